The van der Waals surface area contributed by atoms with Crippen LogP contribution in [-0.2, 0) is 4.79 Å². The minimum atomic E-state index is -0.0221. The molecule has 0 bridgehead atoms. The van der Waals surface area contributed by atoms with Crippen LogP contribution in [0.4, 0.5) is 11.5 Å². The number of hydrogen-bond donors (Lipinski definition) is 2. The Morgan fingerprint density at radius 3 is 2.72 bits per heavy atom. The van der Waals surface area contributed by atoms with E-state index in [1.165, 1.54) is 0 Å². The van der Waals surface area contributed by atoms with Gasteiger partial charge in [0.05, 0.1) is 17.8 Å². The second-order valence-electron chi connectivity index (χ2n) is 6.67. The molecule has 2 saturated heterocycles. The summed E-state index contributed by atoms with van der Waals surface area (Å²) in [6.45, 7) is 3.44. The van der Waals surface area contributed by atoms with Crippen molar-refractivity contribution in [1.82, 2.24) is 20.5 Å². The topological polar surface area (TPSA) is 83.0 Å². The minimum Gasteiger partial charge on any atom is -0.353 e. The van der Waals surface area contributed by atoms with Crippen molar-refractivity contribution in [3.8, 4) is 0 Å². The van der Waals surface area contributed by atoms with Gasteiger partial charge in [0.1, 0.15) is 0 Å². The maximum absolute atomic E-state index is 12.3. The monoisotopic (exact) mass is 338 g/mol. The van der Waals surface area contributed by atoms with Crippen molar-refractivity contribution in [2.75, 3.05) is 36.4 Å². The Kier molecular flexibility index (Phi) is 4.56. The molecule has 2 aliphatic rings. The molecule has 0 aromatic carbocycles. The van der Waals surface area contributed by atoms with Crippen LogP contribution in [0.3, 0.4) is 0 Å². The average Bonchev–Trinajstić information content (AvgIpc) is 2.63. The summed E-state index contributed by atoms with van der Waals surface area (Å²) in [5, 5.41) is 14.3. The van der Waals surface area contributed by atoms with E-state index in [1.54, 1.807) is 12.4 Å². The number of rotatable bonds is 4. The number of carbonyl (C=O) groups is 1. The Hall–Kier alpha value is -2.54. The van der Waals surface area contributed by atoms with Crippen LogP contribution in [0.1, 0.15) is 24.5 Å². The number of aromatic nitrogens is 3. The molecule has 0 atom stereocenters. The minimum absolute atomic E-state index is 0.0221. The predicted molar refractivity (Wildman–Crippen MR) is 95.4 cm³/mol. The summed E-state index contributed by atoms with van der Waals surface area (Å²) in [4.78, 5) is 18.9. The number of anilines is 2. The van der Waals surface area contributed by atoms with Gasteiger partial charge in [-0.2, -0.15) is 5.10 Å². The summed E-state index contributed by atoms with van der Waals surface area (Å²) >= 11 is 0. The Morgan fingerprint density at radius 2 is 2.04 bits per heavy atom. The SMILES string of the molecule is O=C(Nc1ccc(C2CCNCC2)nc1)C1CN(c2cccnn2)C1. The maximum Gasteiger partial charge on any atom is 0.231 e. The number of amides is 1. The van der Waals surface area contributed by atoms with Crippen LogP contribution in [0, 0.1) is 5.92 Å². The highest BCUT2D eigenvalue weighted by molar-refractivity contribution is 5.94. The molecule has 0 spiro atoms. The summed E-state index contributed by atoms with van der Waals surface area (Å²) in [5.41, 5.74) is 1.89. The first kappa shape index (κ1) is 16.0. The number of nitrogens with one attached hydrogen (secondary N) is 2. The Labute approximate surface area is 146 Å². The van der Waals surface area contributed by atoms with Gasteiger partial charge < -0.3 is 15.5 Å². The first-order valence-corrected chi connectivity index (χ1v) is 8.80. The molecule has 0 saturated carbocycles. The number of nitrogens with zero attached hydrogens (tertiary/aromatic N) is 4. The van der Waals surface area contributed by atoms with Crippen molar-refractivity contribution in [3.05, 3.63) is 42.4 Å². The first-order valence-electron chi connectivity index (χ1n) is 8.80. The zero-order valence-electron chi connectivity index (χ0n) is 14.1. The van der Waals surface area contributed by atoms with Crippen LogP contribution < -0.4 is 15.5 Å². The Bertz CT molecular complexity index is 708. The smallest absolute Gasteiger partial charge is 0.231 e. The Morgan fingerprint density at radius 1 is 1.20 bits per heavy atom. The van der Waals surface area contributed by atoms with E-state index in [-0.39, 0.29) is 11.8 Å². The largest absolute Gasteiger partial charge is 0.353 e. The van der Waals surface area contributed by atoms with Gasteiger partial charge in [-0.25, -0.2) is 0 Å². The number of carbonyl (C=O) groups excluding carboxylic acids is 1. The quantitative estimate of drug-likeness (QED) is 0.877. The van der Waals surface area contributed by atoms with Crippen molar-refractivity contribution >= 4 is 17.4 Å². The fourth-order valence-corrected chi connectivity index (χ4v) is 3.38. The molecule has 0 radical (unpaired) electrons. The summed E-state index contributed by atoms with van der Waals surface area (Å²) in [6.07, 6.45) is 5.67. The molecule has 0 aliphatic carbocycles. The standard InChI is InChI=1S/C18H22N6O/c25-18(14-11-24(12-14)17-2-1-7-21-23-17)22-15-3-4-16(20-10-15)13-5-8-19-9-6-13/h1-4,7,10,13-14,19H,5-6,8-9,11-12H2,(H,22,25). The molecule has 2 aromatic rings. The van der Waals surface area contributed by atoms with E-state index < -0.39 is 0 Å². The summed E-state index contributed by atoms with van der Waals surface area (Å²) in [7, 11) is 0. The fourth-order valence-electron chi connectivity index (χ4n) is 3.38. The van der Waals surface area contributed by atoms with Crippen LogP contribution in [0.5, 0.6) is 0 Å². The highest BCUT2D eigenvalue weighted by atomic mass is 16.2. The van der Waals surface area contributed by atoms with Crippen molar-refractivity contribution < 1.29 is 4.79 Å². The molecule has 1 amide bonds. The zero-order chi connectivity index (χ0) is 17.1. The molecule has 7 heteroatoms. The molecule has 7 nitrogen and oxygen atoms in total. The highest BCUT2D eigenvalue weighted by Gasteiger charge is 2.33. The van der Waals surface area contributed by atoms with Gasteiger partial charge in [-0.1, -0.05) is 0 Å². The molecule has 2 fully saturated rings. The molecule has 130 valence electrons. The van der Waals surface area contributed by atoms with Gasteiger partial charge in [-0.05, 0) is 50.2 Å². The molecule has 4 rings (SSSR count). The lowest BCUT2D eigenvalue weighted by Gasteiger charge is -2.38. The lowest BCUT2D eigenvalue weighted by atomic mass is 9.94. The molecule has 2 aromatic heterocycles. The molecule has 2 aliphatic heterocycles. The van der Waals surface area contributed by atoms with E-state index in [9.17, 15) is 4.79 Å². The molecule has 2 N–H and O–H groups in total. The van der Waals surface area contributed by atoms with E-state index in [4.69, 9.17) is 0 Å². The Balaban J connectivity index is 1.30. The number of piperidine rings is 1. The lowest BCUT2D eigenvalue weighted by Crippen LogP contribution is -2.52. The van der Waals surface area contributed by atoms with E-state index in [0.29, 0.717) is 19.0 Å². The van der Waals surface area contributed by atoms with Gasteiger partial charge >= 0.3 is 0 Å². The van der Waals surface area contributed by atoms with Gasteiger partial charge in [0.15, 0.2) is 5.82 Å². The summed E-state index contributed by atoms with van der Waals surface area (Å²) in [6, 6.07) is 7.76. The van der Waals surface area contributed by atoms with Crippen LogP contribution in [0.25, 0.3) is 0 Å². The first-order chi connectivity index (χ1) is 12.3. The third kappa shape index (κ3) is 3.61. The van der Waals surface area contributed by atoms with Crippen molar-refractivity contribution in [1.29, 1.82) is 0 Å². The molecular weight excluding hydrogens is 316 g/mol. The molecule has 4 heterocycles. The van der Waals surface area contributed by atoms with Gasteiger partial charge in [0.25, 0.3) is 0 Å². The van der Waals surface area contributed by atoms with Gasteiger partial charge in [0, 0.05) is 30.9 Å². The maximum atomic E-state index is 12.3. The second kappa shape index (κ2) is 7.14. The summed E-state index contributed by atoms with van der Waals surface area (Å²) < 4.78 is 0. The van der Waals surface area contributed by atoms with Crippen molar-refractivity contribution in [2.45, 2.75) is 18.8 Å². The van der Waals surface area contributed by atoms with E-state index in [0.717, 1.165) is 43.1 Å². The third-order valence-electron chi connectivity index (χ3n) is 4.95. The fraction of sp³-hybridized carbons (Fsp3) is 0.444. The van der Waals surface area contributed by atoms with Gasteiger partial charge in [0.2, 0.25) is 5.91 Å². The van der Waals surface area contributed by atoms with Gasteiger partial charge in [-0.3, -0.25) is 9.78 Å². The number of pyridine rings is 1. The zero-order valence-corrected chi connectivity index (χ0v) is 14.1. The third-order valence-corrected chi connectivity index (χ3v) is 4.95. The van der Waals surface area contributed by atoms with Crippen LogP contribution in [0.15, 0.2) is 36.7 Å². The van der Waals surface area contributed by atoms with E-state index in [1.807, 2.05) is 24.3 Å². The second-order valence-corrected chi connectivity index (χ2v) is 6.67. The van der Waals surface area contributed by atoms with E-state index >= 15 is 0 Å². The molecule has 25 heavy (non-hydrogen) atoms. The van der Waals surface area contributed by atoms with Gasteiger partial charge in [-0.15, -0.1) is 5.10 Å². The van der Waals surface area contributed by atoms with Crippen LogP contribution >= 0.6 is 0 Å². The highest BCUT2D eigenvalue weighted by Crippen LogP contribution is 2.25. The molecular formula is C18H22N6O. The molecule has 0 unspecified atom stereocenters. The predicted octanol–water partition coefficient (Wildman–Crippen LogP) is 1.41. The normalized spacial score (nSPS) is 18.6. The van der Waals surface area contributed by atoms with Crippen LogP contribution in [0.2, 0.25) is 0 Å². The van der Waals surface area contributed by atoms with Crippen molar-refractivity contribution in [3.63, 3.8) is 0 Å². The van der Waals surface area contributed by atoms with E-state index in [2.05, 4.69) is 30.7 Å². The lowest BCUT2D eigenvalue weighted by molar-refractivity contribution is -0.120. The summed E-state index contributed by atoms with van der Waals surface area (Å²) in [5.74, 6) is 1.36. The average molecular weight is 338 g/mol. The number of hydrogen-bond acceptors (Lipinski definition) is 6. The van der Waals surface area contributed by atoms with Crippen LogP contribution in [-0.4, -0.2) is 47.3 Å². The van der Waals surface area contributed by atoms with Crippen molar-refractivity contribution in [2.24, 2.45) is 5.92 Å².